The molecule has 6 rings (SSSR count). The van der Waals surface area contributed by atoms with Crippen molar-refractivity contribution >= 4 is 63.7 Å². The van der Waals surface area contributed by atoms with E-state index in [9.17, 15) is 18.4 Å². The minimum Gasteiger partial charge on any atom is -0.497 e. The Labute approximate surface area is 389 Å². The van der Waals surface area contributed by atoms with Gasteiger partial charge in [-0.15, -0.1) is 0 Å². The van der Waals surface area contributed by atoms with Crippen LogP contribution >= 0.6 is 39.1 Å². The van der Waals surface area contributed by atoms with Gasteiger partial charge in [0.15, 0.2) is 0 Å². The van der Waals surface area contributed by atoms with Gasteiger partial charge in [-0.25, -0.2) is 8.78 Å². The molecule has 64 heavy (non-hydrogen) atoms. The van der Waals surface area contributed by atoms with Gasteiger partial charge in [0.1, 0.15) is 47.8 Å². The Morgan fingerprint density at radius 3 is 1.55 bits per heavy atom. The second-order valence-electron chi connectivity index (χ2n) is 13.7. The van der Waals surface area contributed by atoms with Crippen molar-refractivity contribution in [1.82, 2.24) is 0 Å². The van der Waals surface area contributed by atoms with Crippen molar-refractivity contribution in [2.75, 3.05) is 28.4 Å². The van der Waals surface area contributed by atoms with Crippen LogP contribution in [0.4, 0.5) is 8.78 Å². The average Bonchev–Trinajstić information content (AvgIpc) is 3.30. The molecule has 6 aromatic carbocycles. The van der Waals surface area contributed by atoms with E-state index in [2.05, 4.69) is 25.4 Å². The van der Waals surface area contributed by atoms with Crippen molar-refractivity contribution in [3.05, 3.63) is 170 Å². The second kappa shape index (κ2) is 26.2. The lowest BCUT2D eigenvalue weighted by atomic mass is 9.80. The number of halogens is 5. The summed E-state index contributed by atoms with van der Waals surface area (Å²) in [5.74, 6) is 0.912. The highest BCUT2D eigenvalue weighted by Crippen LogP contribution is 2.33. The van der Waals surface area contributed by atoms with Gasteiger partial charge in [-0.05, 0) is 130 Å². The van der Waals surface area contributed by atoms with Gasteiger partial charge in [0.25, 0.3) is 0 Å². The Kier molecular flexibility index (Phi) is 20.9. The summed E-state index contributed by atoms with van der Waals surface area (Å²) >= 11 is 15.8. The lowest BCUT2D eigenvalue weighted by Gasteiger charge is -2.11. The molecule has 0 aromatic heterocycles. The van der Waals surface area contributed by atoms with Crippen molar-refractivity contribution in [3.8, 4) is 34.1 Å². The molecule has 0 saturated carbocycles. The number of aryl methyl sites for hydroxylation is 2. The van der Waals surface area contributed by atoms with E-state index < -0.39 is 12.9 Å². The van der Waals surface area contributed by atoms with E-state index in [1.165, 1.54) is 46.6 Å². The van der Waals surface area contributed by atoms with Crippen LogP contribution in [0.15, 0.2) is 126 Å². The van der Waals surface area contributed by atoms with Gasteiger partial charge in [-0.3, -0.25) is 9.59 Å². The molecule has 0 heterocycles. The first-order valence-electron chi connectivity index (χ1n) is 19.6. The SMILES string of the molecule is COC(=O)CCc1cccc(OCc2ccc(-c3cc(OC)ccc3F)c(Cl)c2)c1.COC(=O)CCc1cccc(OCc2ccc(Br)c(Cl)c2)c1.COc1ccc(F)c(B(O)O)c1. The molecule has 16 heteroatoms. The van der Waals surface area contributed by atoms with Crippen LogP contribution in [0.2, 0.25) is 10.0 Å². The molecule has 0 atom stereocenters. The first kappa shape index (κ1) is 51.0. The van der Waals surface area contributed by atoms with Crippen molar-refractivity contribution < 1.29 is 56.8 Å². The molecule has 0 amide bonds. The molecule has 0 aliphatic heterocycles. The highest BCUT2D eigenvalue weighted by molar-refractivity contribution is 9.10. The van der Waals surface area contributed by atoms with Crippen LogP contribution in [0, 0.1) is 11.6 Å². The molecule has 2 N–H and O–H groups in total. The number of hydrogen-bond acceptors (Lipinski definition) is 10. The quantitative estimate of drug-likeness (QED) is 0.0714. The van der Waals surface area contributed by atoms with Crippen LogP contribution in [-0.2, 0) is 45.1 Å². The molecular weight excluding hydrogens is 936 g/mol. The third-order valence-electron chi connectivity index (χ3n) is 9.26. The molecule has 0 aliphatic rings. The lowest BCUT2D eigenvalue weighted by Crippen LogP contribution is -2.32. The third-order valence-corrected chi connectivity index (χ3v) is 10.8. The van der Waals surface area contributed by atoms with Crippen LogP contribution in [0.1, 0.15) is 35.1 Å². The number of ether oxygens (including phenoxy) is 6. The standard InChI is InChI=1S/C24H22ClFO4.C17H16BrClO3.C7H8BFO3/c1-28-18-8-10-23(26)21(14-18)20-9-6-17(13-22(20)25)15-30-19-5-3-4-16(12-19)7-11-24(27)29-2;1-21-17(20)8-6-12-3-2-4-14(9-12)22-11-13-5-7-15(18)16(19)10-13;1-12-5-2-3-7(9)6(4-5)8(10)11/h3-6,8-10,12-14H,7,11,15H2,1-2H3;2-5,7,9-10H,6,8,11H2,1H3;2-4,10-11H,1H3. The Hall–Kier alpha value is -5.64. The van der Waals surface area contributed by atoms with Gasteiger partial charge in [0.2, 0.25) is 0 Å². The number of carbonyl (C=O) groups excluding carboxylic acids is 2. The first-order valence-corrected chi connectivity index (χ1v) is 21.1. The van der Waals surface area contributed by atoms with Crippen LogP contribution in [0.5, 0.6) is 23.0 Å². The molecule has 0 spiro atoms. The van der Waals surface area contributed by atoms with E-state index in [1.807, 2.05) is 72.8 Å². The van der Waals surface area contributed by atoms with E-state index in [0.717, 1.165) is 38.5 Å². The van der Waals surface area contributed by atoms with Crippen molar-refractivity contribution in [3.63, 3.8) is 0 Å². The summed E-state index contributed by atoms with van der Waals surface area (Å²) in [5.41, 5.74) is 4.65. The smallest absolute Gasteiger partial charge is 0.491 e. The highest BCUT2D eigenvalue weighted by Gasteiger charge is 2.17. The van der Waals surface area contributed by atoms with Gasteiger partial charge in [-0.2, -0.15) is 0 Å². The topological polar surface area (TPSA) is 130 Å². The number of benzene rings is 6. The molecular formula is C48H46BBrCl2F2O10. The summed E-state index contributed by atoms with van der Waals surface area (Å²) in [4.78, 5) is 22.5. The Balaban J connectivity index is 0.000000230. The van der Waals surface area contributed by atoms with Crippen LogP contribution in [0.3, 0.4) is 0 Å². The van der Waals surface area contributed by atoms with Crippen LogP contribution < -0.4 is 24.4 Å². The lowest BCUT2D eigenvalue weighted by molar-refractivity contribution is -0.141. The van der Waals surface area contributed by atoms with Crippen molar-refractivity contribution in [2.24, 2.45) is 0 Å². The summed E-state index contributed by atoms with van der Waals surface area (Å²) in [6.45, 7) is 0.745. The summed E-state index contributed by atoms with van der Waals surface area (Å²) < 4.78 is 58.8. The fourth-order valence-corrected chi connectivity index (χ4v) is 6.55. The van der Waals surface area contributed by atoms with Crippen LogP contribution in [-0.4, -0.2) is 57.5 Å². The maximum absolute atomic E-state index is 14.2. The highest BCUT2D eigenvalue weighted by atomic mass is 79.9. The number of methoxy groups -OCH3 is 4. The van der Waals surface area contributed by atoms with Crippen molar-refractivity contribution in [2.45, 2.75) is 38.9 Å². The van der Waals surface area contributed by atoms with Crippen LogP contribution in [0.25, 0.3) is 11.1 Å². The average molecular weight is 983 g/mol. The minimum absolute atomic E-state index is 0.186. The van der Waals surface area contributed by atoms with Gasteiger partial charge in [0.05, 0.1) is 33.5 Å². The monoisotopic (exact) mass is 980 g/mol. The summed E-state index contributed by atoms with van der Waals surface area (Å²) in [5, 5.41) is 18.5. The largest absolute Gasteiger partial charge is 0.497 e. The molecule has 0 unspecified atom stereocenters. The van der Waals surface area contributed by atoms with E-state index in [4.69, 9.17) is 52.2 Å². The molecule has 0 fully saturated rings. The summed E-state index contributed by atoms with van der Waals surface area (Å²) in [6.07, 6.45) is 1.89. The van der Waals surface area contributed by atoms with E-state index >= 15 is 0 Å². The Morgan fingerprint density at radius 1 is 0.562 bits per heavy atom. The van der Waals surface area contributed by atoms with Gasteiger partial charge in [-0.1, -0.05) is 65.7 Å². The molecule has 0 bridgehead atoms. The Morgan fingerprint density at radius 2 is 1.06 bits per heavy atom. The zero-order valence-electron chi connectivity index (χ0n) is 35.4. The zero-order valence-corrected chi connectivity index (χ0v) is 38.5. The molecule has 336 valence electrons. The number of esters is 2. The van der Waals surface area contributed by atoms with Crippen molar-refractivity contribution in [1.29, 1.82) is 0 Å². The van der Waals surface area contributed by atoms with E-state index in [-0.39, 0.29) is 23.2 Å². The first-order chi connectivity index (χ1) is 30.7. The van der Waals surface area contributed by atoms with Gasteiger partial charge < -0.3 is 38.5 Å². The zero-order chi connectivity index (χ0) is 46.6. The number of rotatable bonds is 16. The number of hydrogen-bond donors (Lipinski definition) is 2. The fourth-order valence-electron chi connectivity index (χ4n) is 5.79. The second-order valence-corrected chi connectivity index (χ2v) is 15.4. The summed E-state index contributed by atoms with van der Waals surface area (Å²) in [6, 6.07) is 34.7. The predicted molar refractivity (Wildman–Crippen MR) is 248 cm³/mol. The molecule has 0 aliphatic carbocycles. The maximum atomic E-state index is 14.2. The number of carbonyl (C=O) groups is 2. The van der Waals surface area contributed by atoms with E-state index in [0.29, 0.717) is 77.3 Å². The molecule has 0 saturated heterocycles. The maximum Gasteiger partial charge on any atom is 0.491 e. The third kappa shape index (κ3) is 16.5. The van der Waals surface area contributed by atoms with Gasteiger partial charge in [0, 0.05) is 38.9 Å². The summed E-state index contributed by atoms with van der Waals surface area (Å²) in [7, 11) is 3.91. The predicted octanol–water partition coefficient (Wildman–Crippen LogP) is 10.1. The minimum atomic E-state index is -1.81. The Bertz CT molecular complexity index is 2480. The molecule has 0 radical (unpaired) electrons. The fraction of sp³-hybridized carbons (Fsp3) is 0.208. The van der Waals surface area contributed by atoms with E-state index in [1.54, 1.807) is 24.3 Å². The van der Waals surface area contributed by atoms with Gasteiger partial charge >= 0.3 is 19.1 Å². The molecule has 10 nitrogen and oxygen atoms in total. The normalized spacial score (nSPS) is 10.3. The molecule has 6 aromatic rings.